The van der Waals surface area contributed by atoms with E-state index in [2.05, 4.69) is 19.6 Å². The molecule has 1 rings (SSSR count). The molecule has 0 unspecified atom stereocenters. The van der Waals surface area contributed by atoms with Crippen molar-refractivity contribution in [3.8, 4) is 0 Å². The standard InChI is InChI=1S/C10H20.C3H7NO/c1-3-10(4-2)8-6-5-7-9-10;1-2-3(4)5/h3-9H2,1-2H3;2H2,1H3,(H2,4,5). The fourth-order valence-corrected chi connectivity index (χ4v) is 2.26. The first-order chi connectivity index (χ1) is 7.10. The van der Waals surface area contributed by atoms with E-state index < -0.39 is 0 Å². The maximum absolute atomic E-state index is 9.59. The van der Waals surface area contributed by atoms with E-state index in [1.165, 1.54) is 44.9 Å². The monoisotopic (exact) mass is 213 g/mol. The fourth-order valence-electron chi connectivity index (χ4n) is 2.26. The van der Waals surface area contributed by atoms with Gasteiger partial charge in [-0.25, -0.2) is 0 Å². The topological polar surface area (TPSA) is 43.1 Å². The average molecular weight is 213 g/mol. The maximum atomic E-state index is 9.59. The van der Waals surface area contributed by atoms with Gasteiger partial charge in [-0.3, -0.25) is 4.79 Å². The van der Waals surface area contributed by atoms with E-state index in [0.717, 1.165) is 5.41 Å². The summed E-state index contributed by atoms with van der Waals surface area (Å²) >= 11 is 0. The molecule has 0 aliphatic heterocycles. The molecular weight excluding hydrogens is 186 g/mol. The number of carbonyl (C=O) groups is 1. The van der Waals surface area contributed by atoms with Crippen LogP contribution in [0, 0.1) is 5.41 Å². The lowest BCUT2D eigenvalue weighted by Gasteiger charge is -2.35. The zero-order valence-electron chi connectivity index (χ0n) is 10.6. The van der Waals surface area contributed by atoms with E-state index in [0.29, 0.717) is 6.42 Å². The predicted molar refractivity (Wildman–Crippen MR) is 65.6 cm³/mol. The van der Waals surface area contributed by atoms with Crippen molar-refractivity contribution < 1.29 is 4.79 Å². The number of carbonyl (C=O) groups excluding carboxylic acids is 1. The Morgan fingerprint density at radius 3 is 1.67 bits per heavy atom. The molecule has 90 valence electrons. The van der Waals surface area contributed by atoms with Gasteiger partial charge in [0, 0.05) is 6.42 Å². The lowest BCUT2D eigenvalue weighted by Crippen LogP contribution is -2.21. The molecule has 0 bridgehead atoms. The Morgan fingerprint density at radius 1 is 1.07 bits per heavy atom. The van der Waals surface area contributed by atoms with E-state index in [1.807, 2.05) is 0 Å². The molecule has 2 N–H and O–H groups in total. The van der Waals surface area contributed by atoms with Crippen LogP contribution in [0.25, 0.3) is 0 Å². The molecule has 0 aromatic carbocycles. The fraction of sp³-hybridized carbons (Fsp3) is 0.923. The van der Waals surface area contributed by atoms with Gasteiger partial charge in [0.25, 0.3) is 0 Å². The highest BCUT2D eigenvalue weighted by Crippen LogP contribution is 2.41. The third-order valence-electron chi connectivity index (χ3n) is 3.76. The first-order valence-corrected chi connectivity index (χ1v) is 6.38. The summed E-state index contributed by atoms with van der Waals surface area (Å²) in [6, 6.07) is 0. The normalized spacial score (nSPS) is 18.9. The van der Waals surface area contributed by atoms with Crippen LogP contribution in [0.2, 0.25) is 0 Å². The summed E-state index contributed by atoms with van der Waals surface area (Å²) in [6.45, 7) is 6.44. The van der Waals surface area contributed by atoms with Gasteiger partial charge in [0.15, 0.2) is 0 Å². The molecule has 0 radical (unpaired) electrons. The van der Waals surface area contributed by atoms with Crippen molar-refractivity contribution in [2.45, 2.75) is 72.1 Å². The zero-order valence-corrected chi connectivity index (χ0v) is 10.6. The van der Waals surface area contributed by atoms with E-state index in [4.69, 9.17) is 0 Å². The van der Waals surface area contributed by atoms with Crippen LogP contribution >= 0.6 is 0 Å². The number of hydrogen-bond acceptors (Lipinski definition) is 1. The zero-order chi connectivity index (χ0) is 11.7. The Morgan fingerprint density at radius 2 is 1.47 bits per heavy atom. The molecule has 2 heteroatoms. The Bertz CT molecular complexity index is 165. The second kappa shape index (κ2) is 7.72. The molecule has 0 spiro atoms. The Balaban J connectivity index is 0.000000336. The largest absolute Gasteiger partial charge is 0.370 e. The SMILES string of the molecule is CCC(N)=O.CCC1(CC)CCCCC1. The Labute approximate surface area is 94.6 Å². The Kier molecular flexibility index (Phi) is 7.45. The number of rotatable bonds is 3. The minimum absolute atomic E-state index is 0.245. The van der Waals surface area contributed by atoms with Gasteiger partial charge in [0.1, 0.15) is 0 Å². The predicted octanol–water partition coefficient (Wildman–Crippen LogP) is 3.64. The highest BCUT2D eigenvalue weighted by Gasteiger charge is 2.27. The molecule has 0 atom stereocenters. The number of hydrogen-bond donors (Lipinski definition) is 1. The second-order valence-electron chi connectivity index (χ2n) is 4.59. The molecule has 0 aromatic heterocycles. The molecule has 2 nitrogen and oxygen atoms in total. The lowest BCUT2D eigenvalue weighted by molar-refractivity contribution is -0.117. The van der Waals surface area contributed by atoms with Crippen molar-refractivity contribution >= 4 is 5.91 Å². The van der Waals surface area contributed by atoms with Gasteiger partial charge in [-0.15, -0.1) is 0 Å². The summed E-state index contributed by atoms with van der Waals surface area (Å²) in [4.78, 5) is 9.59. The lowest BCUT2D eigenvalue weighted by atomic mass is 9.71. The van der Waals surface area contributed by atoms with Gasteiger partial charge >= 0.3 is 0 Å². The molecule has 0 saturated heterocycles. The third kappa shape index (κ3) is 5.81. The minimum atomic E-state index is -0.245. The summed E-state index contributed by atoms with van der Waals surface area (Å²) in [6.07, 6.45) is 10.7. The smallest absolute Gasteiger partial charge is 0.217 e. The van der Waals surface area contributed by atoms with E-state index >= 15 is 0 Å². The summed E-state index contributed by atoms with van der Waals surface area (Å²) in [5.41, 5.74) is 5.41. The molecule has 1 amide bonds. The van der Waals surface area contributed by atoms with Crippen LogP contribution in [0.5, 0.6) is 0 Å². The van der Waals surface area contributed by atoms with Crippen LogP contribution in [0.3, 0.4) is 0 Å². The summed E-state index contributed by atoms with van der Waals surface area (Å²) in [5.74, 6) is -0.245. The van der Waals surface area contributed by atoms with Crippen molar-refractivity contribution in [3.63, 3.8) is 0 Å². The second-order valence-corrected chi connectivity index (χ2v) is 4.59. The van der Waals surface area contributed by atoms with Crippen LogP contribution < -0.4 is 5.73 Å². The number of primary amides is 1. The molecule has 0 heterocycles. The third-order valence-corrected chi connectivity index (χ3v) is 3.76. The number of amides is 1. The first-order valence-electron chi connectivity index (χ1n) is 6.38. The van der Waals surface area contributed by atoms with Gasteiger partial charge in [-0.05, 0) is 18.3 Å². The van der Waals surface area contributed by atoms with Crippen LogP contribution in [0.1, 0.15) is 72.1 Å². The summed E-state index contributed by atoms with van der Waals surface area (Å²) in [5, 5.41) is 0. The quantitative estimate of drug-likeness (QED) is 0.764. The molecular formula is C13H27NO. The van der Waals surface area contributed by atoms with Crippen LogP contribution in [0.15, 0.2) is 0 Å². The van der Waals surface area contributed by atoms with Gasteiger partial charge in [-0.1, -0.05) is 52.9 Å². The van der Waals surface area contributed by atoms with Crippen molar-refractivity contribution in [2.75, 3.05) is 0 Å². The van der Waals surface area contributed by atoms with E-state index in [-0.39, 0.29) is 5.91 Å². The highest BCUT2D eigenvalue weighted by atomic mass is 16.1. The maximum Gasteiger partial charge on any atom is 0.217 e. The molecule has 1 aliphatic rings. The van der Waals surface area contributed by atoms with Crippen LogP contribution in [-0.4, -0.2) is 5.91 Å². The van der Waals surface area contributed by atoms with Gasteiger partial charge in [0.05, 0.1) is 0 Å². The van der Waals surface area contributed by atoms with Crippen molar-refractivity contribution in [3.05, 3.63) is 0 Å². The highest BCUT2D eigenvalue weighted by molar-refractivity contribution is 5.73. The molecule has 1 saturated carbocycles. The molecule has 1 aliphatic carbocycles. The Hall–Kier alpha value is -0.530. The van der Waals surface area contributed by atoms with Gasteiger partial charge in [-0.2, -0.15) is 0 Å². The minimum Gasteiger partial charge on any atom is -0.370 e. The van der Waals surface area contributed by atoms with Gasteiger partial charge in [0.2, 0.25) is 5.91 Å². The summed E-state index contributed by atoms with van der Waals surface area (Å²) in [7, 11) is 0. The molecule has 1 fully saturated rings. The average Bonchev–Trinajstić information content (AvgIpc) is 2.30. The van der Waals surface area contributed by atoms with Crippen molar-refractivity contribution in [1.82, 2.24) is 0 Å². The van der Waals surface area contributed by atoms with Gasteiger partial charge < -0.3 is 5.73 Å². The van der Waals surface area contributed by atoms with E-state index in [1.54, 1.807) is 6.92 Å². The summed E-state index contributed by atoms with van der Waals surface area (Å²) < 4.78 is 0. The first kappa shape index (κ1) is 14.5. The molecule has 15 heavy (non-hydrogen) atoms. The number of nitrogens with two attached hydrogens (primary N) is 1. The molecule has 0 aromatic rings. The van der Waals surface area contributed by atoms with Crippen LogP contribution in [0.4, 0.5) is 0 Å². The van der Waals surface area contributed by atoms with E-state index in [9.17, 15) is 4.79 Å². The van der Waals surface area contributed by atoms with Crippen molar-refractivity contribution in [1.29, 1.82) is 0 Å². The van der Waals surface area contributed by atoms with Crippen molar-refractivity contribution in [2.24, 2.45) is 11.1 Å². The van der Waals surface area contributed by atoms with Crippen LogP contribution in [-0.2, 0) is 4.79 Å².